The van der Waals surface area contributed by atoms with E-state index >= 15 is 0 Å². The number of anilines is 1. The number of hydrogen-bond donors (Lipinski definition) is 1. The van der Waals surface area contributed by atoms with Gasteiger partial charge in [0.1, 0.15) is 4.60 Å². The Morgan fingerprint density at radius 3 is 2.73 bits per heavy atom. The summed E-state index contributed by atoms with van der Waals surface area (Å²) in [7, 11) is -3.36. The zero-order valence-electron chi connectivity index (χ0n) is 8.00. The first kappa shape index (κ1) is 12.4. The van der Waals surface area contributed by atoms with Crippen molar-refractivity contribution in [2.45, 2.75) is 13.3 Å². The zero-order valence-corrected chi connectivity index (χ0v) is 10.4. The maximum absolute atomic E-state index is 12.6. The van der Waals surface area contributed by atoms with E-state index < -0.39 is 16.0 Å². The lowest BCUT2D eigenvalue weighted by molar-refractivity contribution is 0.581. The molecule has 0 aromatic carbocycles. The van der Waals surface area contributed by atoms with Crippen molar-refractivity contribution in [1.29, 1.82) is 0 Å². The summed E-state index contributed by atoms with van der Waals surface area (Å²) in [6, 6.07) is 2.41. The molecule has 0 radical (unpaired) electrons. The van der Waals surface area contributed by atoms with Crippen molar-refractivity contribution < 1.29 is 12.8 Å². The van der Waals surface area contributed by atoms with Gasteiger partial charge in [-0.3, -0.25) is 4.72 Å². The van der Waals surface area contributed by atoms with E-state index in [1.165, 1.54) is 6.07 Å². The van der Waals surface area contributed by atoms with Crippen LogP contribution in [0.25, 0.3) is 0 Å². The molecule has 1 aromatic heterocycles. The normalized spacial score (nSPS) is 11.4. The molecule has 15 heavy (non-hydrogen) atoms. The molecule has 0 saturated carbocycles. The number of nitrogens with one attached hydrogen (secondary N) is 1. The van der Waals surface area contributed by atoms with Gasteiger partial charge in [-0.1, -0.05) is 6.92 Å². The third-order valence-electron chi connectivity index (χ3n) is 1.55. The fourth-order valence-electron chi connectivity index (χ4n) is 0.976. The summed E-state index contributed by atoms with van der Waals surface area (Å²) in [5.41, 5.74) is 0.241. The van der Waals surface area contributed by atoms with Crippen LogP contribution in [0.4, 0.5) is 10.1 Å². The predicted molar refractivity (Wildman–Crippen MR) is 59.6 cm³/mol. The van der Waals surface area contributed by atoms with E-state index in [2.05, 4.69) is 25.6 Å². The van der Waals surface area contributed by atoms with Gasteiger partial charge in [-0.05, 0) is 34.5 Å². The third-order valence-corrected chi connectivity index (χ3v) is 3.63. The monoisotopic (exact) mass is 296 g/mol. The summed E-state index contributed by atoms with van der Waals surface area (Å²) in [5.74, 6) is -0.642. The maximum atomic E-state index is 12.6. The Kier molecular flexibility index (Phi) is 4.04. The lowest BCUT2D eigenvalue weighted by Crippen LogP contribution is -2.16. The number of pyridine rings is 1. The summed E-state index contributed by atoms with van der Waals surface area (Å²) in [6.07, 6.45) is 0.515. The highest BCUT2D eigenvalue weighted by atomic mass is 79.9. The van der Waals surface area contributed by atoms with Crippen LogP contribution in [0.2, 0.25) is 0 Å². The van der Waals surface area contributed by atoms with Crippen LogP contribution < -0.4 is 4.72 Å². The molecule has 0 aliphatic heterocycles. The highest BCUT2D eigenvalue weighted by Gasteiger charge is 2.11. The molecule has 1 heterocycles. The number of aromatic nitrogens is 1. The Morgan fingerprint density at radius 2 is 2.20 bits per heavy atom. The standard InChI is InChI=1S/C8H10BrFN2O2S/c1-2-5-15(13,14)12-6-3-4-7(10)11-8(6)9/h3-4,12H,2,5H2,1H3. The number of halogens is 2. The smallest absolute Gasteiger partial charge is 0.232 e. The summed E-state index contributed by atoms with van der Waals surface area (Å²) in [5, 5.41) is 0. The largest absolute Gasteiger partial charge is 0.281 e. The van der Waals surface area contributed by atoms with Crippen LogP contribution in [0.3, 0.4) is 0 Å². The van der Waals surface area contributed by atoms with Crippen molar-refractivity contribution in [1.82, 2.24) is 4.98 Å². The SMILES string of the molecule is CCCS(=O)(=O)Nc1ccc(F)nc1Br. The van der Waals surface area contributed by atoms with Crippen molar-refractivity contribution in [3.63, 3.8) is 0 Å². The highest BCUT2D eigenvalue weighted by Crippen LogP contribution is 2.20. The molecular weight excluding hydrogens is 287 g/mol. The molecule has 0 aliphatic carbocycles. The van der Waals surface area contributed by atoms with Gasteiger partial charge in [0.2, 0.25) is 16.0 Å². The van der Waals surface area contributed by atoms with Gasteiger partial charge in [0.15, 0.2) is 0 Å². The topological polar surface area (TPSA) is 59.1 Å². The predicted octanol–water partition coefficient (Wildman–Crippen LogP) is 2.13. The molecule has 0 aliphatic rings. The molecular formula is C8H10BrFN2O2S. The molecule has 1 rings (SSSR count). The average Bonchev–Trinajstić information content (AvgIpc) is 2.09. The van der Waals surface area contributed by atoms with Gasteiger partial charge in [-0.25, -0.2) is 13.4 Å². The third kappa shape index (κ3) is 3.75. The van der Waals surface area contributed by atoms with Crippen LogP contribution >= 0.6 is 15.9 Å². The van der Waals surface area contributed by atoms with Crippen molar-refractivity contribution in [2.75, 3.05) is 10.5 Å². The number of sulfonamides is 1. The minimum absolute atomic E-state index is 0.0246. The van der Waals surface area contributed by atoms with Crippen molar-refractivity contribution in [2.24, 2.45) is 0 Å². The molecule has 0 atom stereocenters. The Bertz CT molecular complexity index is 450. The van der Waals surface area contributed by atoms with E-state index in [0.29, 0.717) is 6.42 Å². The number of rotatable bonds is 4. The van der Waals surface area contributed by atoms with E-state index in [9.17, 15) is 12.8 Å². The summed E-state index contributed by atoms with van der Waals surface area (Å²) in [4.78, 5) is 3.44. The molecule has 0 unspecified atom stereocenters. The van der Waals surface area contributed by atoms with Crippen LogP contribution in [0.5, 0.6) is 0 Å². The fraction of sp³-hybridized carbons (Fsp3) is 0.375. The van der Waals surface area contributed by atoms with Crippen LogP contribution in [0, 0.1) is 5.95 Å². The van der Waals surface area contributed by atoms with Crippen LogP contribution in [0.1, 0.15) is 13.3 Å². The number of nitrogens with zero attached hydrogens (tertiary/aromatic N) is 1. The van der Waals surface area contributed by atoms with Gasteiger partial charge in [-0.15, -0.1) is 0 Å². The fourth-order valence-corrected chi connectivity index (χ4v) is 2.65. The second kappa shape index (κ2) is 4.89. The van der Waals surface area contributed by atoms with Crippen molar-refractivity contribution in [3.05, 3.63) is 22.7 Å². The second-order valence-electron chi connectivity index (χ2n) is 2.89. The molecule has 0 spiro atoms. The summed E-state index contributed by atoms with van der Waals surface area (Å²) in [6.45, 7) is 1.76. The Hall–Kier alpha value is -0.690. The molecule has 7 heteroatoms. The Labute approximate surface area is 96.1 Å². The molecule has 0 bridgehead atoms. The van der Waals surface area contributed by atoms with Gasteiger partial charge in [0.25, 0.3) is 0 Å². The molecule has 1 N–H and O–H groups in total. The number of hydrogen-bond acceptors (Lipinski definition) is 3. The first-order valence-electron chi connectivity index (χ1n) is 4.27. The van der Waals surface area contributed by atoms with E-state index in [4.69, 9.17) is 0 Å². The Balaban J connectivity index is 2.90. The molecule has 1 aromatic rings. The first-order chi connectivity index (χ1) is 6.94. The minimum atomic E-state index is -3.36. The summed E-state index contributed by atoms with van der Waals surface area (Å²) < 4.78 is 37.8. The van der Waals surface area contributed by atoms with Crippen molar-refractivity contribution in [3.8, 4) is 0 Å². The van der Waals surface area contributed by atoms with E-state index in [1.807, 2.05) is 0 Å². The quantitative estimate of drug-likeness (QED) is 0.866. The van der Waals surface area contributed by atoms with Gasteiger partial charge in [-0.2, -0.15) is 4.39 Å². The molecule has 4 nitrogen and oxygen atoms in total. The van der Waals surface area contributed by atoms with Gasteiger partial charge in [0.05, 0.1) is 11.4 Å². The van der Waals surface area contributed by atoms with Crippen molar-refractivity contribution >= 4 is 31.6 Å². The van der Waals surface area contributed by atoms with E-state index in [1.54, 1.807) is 6.92 Å². The van der Waals surface area contributed by atoms with Gasteiger partial charge in [0, 0.05) is 0 Å². The van der Waals surface area contributed by atoms with E-state index in [-0.39, 0.29) is 16.0 Å². The van der Waals surface area contributed by atoms with Gasteiger partial charge >= 0.3 is 0 Å². The van der Waals surface area contributed by atoms with Crippen LogP contribution in [-0.4, -0.2) is 19.2 Å². The Morgan fingerprint density at radius 1 is 1.53 bits per heavy atom. The second-order valence-corrected chi connectivity index (χ2v) is 5.49. The molecule has 0 saturated heterocycles. The maximum Gasteiger partial charge on any atom is 0.232 e. The molecule has 0 amide bonds. The molecule has 0 fully saturated rings. The highest BCUT2D eigenvalue weighted by molar-refractivity contribution is 9.10. The lowest BCUT2D eigenvalue weighted by atomic mass is 10.4. The lowest BCUT2D eigenvalue weighted by Gasteiger charge is -2.07. The van der Waals surface area contributed by atoms with Crippen LogP contribution in [-0.2, 0) is 10.0 Å². The minimum Gasteiger partial charge on any atom is -0.281 e. The zero-order chi connectivity index (χ0) is 11.5. The van der Waals surface area contributed by atoms with Gasteiger partial charge < -0.3 is 0 Å². The summed E-state index contributed by atoms with van der Waals surface area (Å²) >= 11 is 2.97. The van der Waals surface area contributed by atoms with Crippen LogP contribution in [0.15, 0.2) is 16.7 Å². The first-order valence-corrected chi connectivity index (χ1v) is 6.71. The average molecular weight is 297 g/mol. The molecule has 84 valence electrons. The van der Waals surface area contributed by atoms with E-state index in [0.717, 1.165) is 6.07 Å².